The first kappa shape index (κ1) is 10.2. The van der Waals surface area contributed by atoms with Crippen LogP contribution < -0.4 is 4.74 Å². The molecule has 78 valence electrons. The van der Waals surface area contributed by atoms with Crippen LogP contribution in [0.25, 0.3) is 5.69 Å². The van der Waals surface area contributed by atoms with Crippen LogP contribution in [0.1, 0.15) is 0 Å². The van der Waals surface area contributed by atoms with Crippen LogP contribution in [-0.4, -0.2) is 16.7 Å². The summed E-state index contributed by atoms with van der Waals surface area (Å²) in [5, 5.41) is 0. The average molecular weight is 271 g/mol. The number of halogens is 2. The van der Waals surface area contributed by atoms with E-state index in [4.69, 9.17) is 4.74 Å². The molecule has 2 aromatic rings. The van der Waals surface area contributed by atoms with Crippen molar-refractivity contribution < 1.29 is 9.13 Å². The molecule has 3 nitrogen and oxygen atoms in total. The molecule has 0 spiro atoms. The Bertz CT molecular complexity index is 464. The molecule has 0 radical (unpaired) electrons. The van der Waals surface area contributed by atoms with Crippen molar-refractivity contribution in [2.45, 2.75) is 0 Å². The minimum Gasteiger partial charge on any atom is -0.480 e. The molecule has 0 aliphatic heterocycles. The van der Waals surface area contributed by atoms with Gasteiger partial charge < -0.3 is 9.30 Å². The van der Waals surface area contributed by atoms with Gasteiger partial charge in [0.2, 0.25) is 5.88 Å². The number of rotatable bonds is 2. The SMILES string of the molecule is COc1cn(-c2cc(F)cc(Br)c2)cn1. The number of methoxy groups -OCH3 is 1. The zero-order valence-electron chi connectivity index (χ0n) is 7.95. The summed E-state index contributed by atoms with van der Waals surface area (Å²) in [5.41, 5.74) is 0.692. The summed E-state index contributed by atoms with van der Waals surface area (Å²) in [7, 11) is 1.54. The first-order valence-corrected chi connectivity index (χ1v) is 5.03. The van der Waals surface area contributed by atoms with Gasteiger partial charge in [0.25, 0.3) is 0 Å². The summed E-state index contributed by atoms with van der Waals surface area (Å²) in [4.78, 5) is 3.97. The molecule has 0 bridgehead atoms. The lowest BCUT2D eigenvalue weighted by Crippen LogP contribution is -1.91. The first-order valence-electron chi connectivity index (χ1n) is 4.23. The van der Waals surface area contributed by atoms with E-state index in [9.17, 15) is 4.39 Å². The van der Waals surface area contributed by atoms with E-state index in [1.165, 1.54) is 19.2 Å². The van der Waals surface area contributed by atoms with Crippen LogP contribution in [0, 0.1) is 5.82 Å². The zero-order valence-corrected chi connectivity index (χ0v) is 9.53. The third kappa shape index (κ3) is 2.18. The molecule has 5 heteroatoms. The standard InChI is InChI=1S/C10H8BrFN2O/c1-15-10-5-14(6-13-10)9-3-7(11)2-8(12)4-9/h2-6H,1H3. The number of benzene rings is 1. The maximum Gasteiger partial charge on any atom is 0.231 e. The lowest BCUT2D eigenvalue weighted by molar-refractivity contribution is 0.400. The third-order valence-electron chi connectivity index (χ3n) is 1.91. The lowest BCUT2D eigenvalue weighted by atomic mass is 10.3. The normalized spacial score (nSPS) is 10.3. The molecular formula is C10H8BrFN2O. The Morgan fingerprint density at radius 1 is 1.40 bits per heavy atom. The Morgan fingerprint density at radius 2 is 2.20 bits per heavy atom. The van der Waals surface area contributed by atoms with Gasteiger partial charge in [-0.05, 0) is 18.2 Å². The van der Waals surface area contributed by atoms with Crippen molar-refractivity contribution in [1.29, 1.82) is 0 Å². The van der Waals surface area contributed by atoms with E-state index in [2.05, 4.69) is 20.9 Å². The van der Waals surface area contributed by atoms with Crippen LogP contribution in [0.15, 0.2) is 35.2 Å². The van der Waals surface area contributed by atoms with Crippen molar-refractivity contribution in [3.05, 3.63) is 41.0 Å². The molecule has 0 aliphatic carbocycles. The van der Waals surface area contributed by atoms with Crippen LogP contribution in [0.2, 0.25) is 0 Å². The van der Waals surface area contributed by atoms with Gasteiger partial charge >= 0.3 is 0 Å². The van der Waals surface area contributed by atoms with Crippen molar-refractivity contribution in [3.8, 4) is 11.6 Å². The monoisotopic (exact) mass is 270 g/mol. The molecular weight excluding hydrogens is 263 g/mol. The van der Waals surface area contributed by atoms with Gasteiger partial charge in [-0.1, -0.05) is 15.9 Å². The highest BCUT2D eigenvalue weighted by molar-refractivity contribution is 9.10. The van der Waals surface area contributed by atoms with Crippen molar-refractivity contribution in [2.75, 3.05) is 7.11 Å². The summed E-state index contributed by atoms with van der Waals surface area (Å²) in [6, 6.07) is 4.62. The van der Waals surface area contributed by atoms with E-state index in [1.807, 2.05) is 0 Å². The van der Waals surface area contributed by atoms with Gasteiger partial charge in [-0.25, -0.2) is 9.37 Å². The zero-order chi connectivity index (χ0) is 10.8. The molecule has 0 N–H and O–H groups in total. The van der Waals surface area contributed by atoms with E-state index >= 15 is 0 Å². The van der Waals surface area contributed by atoms with E-state index in [1.54, 1.807) is 23.2 Å². The van der Waals surface area contributed by atoms with Crippen molar-refractivity contribution in [1.82, 2.24) is 9.55 Å². The highest BCUT2D eigenvalue weighted by atomic mass is 79.9. The topological polar surface area (TPSA) is 27.1 Å². The number of imidazole rings is 1. The van der Waals surface area contributed by atoms with Crippen LogP contribution in [0.4, 0.5) is 4.39 Å². The predicted molar refractivity (Wildman–Crippen MR) is 57.8 cm³/mol. The van der Waals surface area contributed by atoms with Crippen molar-refractivity contribution in [2.24, 2.45) is 0 Å². The molecule has 2 rings (SSSR count). The van der Waals surface area contributed by atoms with Gasteiger partial charge in [0.15, 0.2) is 0 Å². The second kappa shape index (κ2) is 4.02. The van der Waals surface area contributed by atoms with E-state index < -0.39 is 0 Å². The maximum atomic E-state index is 13.1. The number of hydrogen-bond donors (Lipinski definition) is 0. The number of hydrogen-bond acceptors (Lipinski definition) is 2. The molecule has 0 saturated heterocycles. The molecule has 15 heavy (non-hydrogen) atoms. The number of nitrogens with zero attached hydrogens (tertiary/aromatic N) is 2. The van der Waals surface area contributed by atoms with Crippen molar-refractivity contribution in [3.63, 3.8) is 0 Å². The Hall–Kier alpha value is -1.36. The molecule has 0 fully saturated rings. The van der Waals surface area contributed by atoms with Crippen molar-refractivity contribution >= 4 is 15.9 Å². The summed E-state index contributed by atoms with van der Waals surface area (Å²) in [5.74, 6) is 0.197. The average Bonchev–Trinajstić information content (AvgIpc) is 2.64. The van der Waals surface area contributed by atoms with E-state index in [0.717, 1.165) is 0 Å². The fourth-order valence-electron chi connectivity index (χ4n) is 1.24. The van der Waals surface area contributed by atoms with E-state index in [-0.39, 0.29) is 5.82 Å². The minimum absolute atomic E-state index is 0.299. The minimum atomic E-state index is -0.299. The summed E-state index contributed by atoms with van der Waals surface area (Å²) >= 11 is 3.23. The van der Waals surface area contributed by atoms with Gasteiger partial charge in [0.05, 0.1) is 19.0 Å². The van der Waals surface area contributed by atoms with Gasteiger partial charge in [-0.15, -0.1) is 0 Å². The molecule has 1 aromatic carbocycles. The number of ether oxygens (including phenoxy) is 1. The Labute approximate surface area is 94.6 Å². The highest BCUT2D eigenvalue weighted by Gasteiger charge is 2.03. The Morgan fingerprint density at radius 3 is 2.80 bits per heavy atom. The highest BCUT2D eigenvalue weighted by Crippen LogP contribution is 2.19. The van der Waals surface area contributed by atoms with E-state index in [0.29, 0.717) is 16.0 Å². The van der Waals surface area contributed by atoms with Crippen LogP contribution in [0.5, 0.6) is 5.88 Å². The third-order valence-corrected chi connectivity index (χ3v) is 2.37. The molecule has 0 aliphatic rings. The quantitative estimate of drug-likeness (QED) is 0.839. The van der Waals surface area contributed by atoms with Gasteiger partial charge in [-0.3, -0.25) is 0 Å². The second-order valence-corrected chi connectivity index (χ2v) is 3.87. The van der Waals surface area contributed by atoms with Crippen LogP contribution in [0.3, 0.4) is 0 Å². The molecule has 1 heterocycles. The summed E-state index contributed by atoms with van der Waals surface area (Å²) in [6.07, 6.45) is 3.25. The fraction of sp³-hybridized carbons (Fsp3) is 0.100. The van der Waals surface area contributed by atoms with Gasteiger partial charge in [0, 0.05) is 4.47 Å². The van der Waals surface area contributed by atoms with Gasteiger partial charge in [0.1, 0.15) is 12.1 Å². The fourth-order valence-corrected chi connectivity index (χ4v) is 1.69. The first-order chi connectivity index (χ1) is 7.19. The smallest absolute Gasteiger partial charge is 0.231 e. The largest absolute Gasteiger partial charge is 0.480 e. The number of aromatic nitrogens is 2. The molecule has 0 atom stereocenters. The molecule has 0 unspecified atom stereocenters. The molecule has 0 amide bonds. The summed E-state index contributed by atoms with van der Waals surface area (Å²) in [6.45, 7) is 0. The van der Waals surface area contributed by atoms with Gasteiger partial charge in [-0.2, -0.15) is 0 Å². The van der Waals surface area contributed by atoms with Crippen LogP contribution in [-0.2, 0) is 0 Å². The van der Waals surface area contributed by atoms with Crippen LogP contribution >= 0.6 is 15.9 Å². The molecule has 1 aromatic heterocycles. The second-order valence-electron chi connectivity index (χ2n) is 2.95. The summed E-state index contributed by atoms with van der Waals surface area (Å²) < 4.78 is 20.4. The Balaban J connectivity index is 2.44. The predicted octanol–water partition coefficient (Wildman–Crippen LogP) is 2.78. The molecule has 0 saturated carbocycles. The maximum absolute atomic E-state index is 13.1. The Kier molecular flexibility index (Phi) is 2.73. The lowest BCUT2D eigenvalue weighted by Gasteiger charge is -2.02.